The van der Waals surface area contributed by atoms with Crippen LogP contribution in [0.1, 0.15) is 43.0 Å². The van der Waals surface area contributed by atoms with Crippen LogP contribution in [0, 0.1) is 0 Å². The SMILES string of the molecule is CCC1CCCCN1C(=O)c1ccnc(Nc2cc(OC)ccc2OC)c1. The number of likely N-dealkylation sites (tertiary alicyclic amines) is 1. The lowest BCUT2D eigenvalue weighted by Crippen LogP contribution is -2.43. The molecule has 1 atom stereocenters. The lowest BCUT2D eigenvalue weighted by molar-refractivity contribution is 0.0608. The molecule has 1 N–H and O–H groups in total. The monoisotopic (exact) mass is 369 g/mol. The molecule has 1 amide bonds. The van der Waals surface area contributed by atoms with Crippen molar-refractivity contribution in [3.05, 3.63) is 42.1 Å². The van der Waals surface area contributed by atoms with Crippen molar-refractivity contribution < 1.29 is 14.3 Å². The van der Waals surface area contributed by atoms with Gasteiger partial charge in [-0.25, -0.2) is 4.98 Å². The smallest absolute Gasteiger partial charge is 0.254 e. The average molecular weight is 369 g/mol. The van der Waals surface area contributed by atoms with Crippen LogP contribution in [0.4, 0.5) is 11.5 Å². The van der Waals surface area contributed by atoms with Gasteiger partial charge >= 0.3 is 0 Å². The van der Waals surface area contributed by atoms with Crippen molar-refractivity contribution in [3.8, 4) is 11.5 Å². The summed E-state index contributed by atoms with van der Waals surface area (Å²) in [6.07, 6.45) is 6.00. The first kappa shape index (κ1) is 19.0. The molecule has 1 aliphatic rings. The summed E-state index contributed by atoms with van der Waals surface area (Å²) < 4.78 is 10.7. The van der Waals surface area contributed by atoms with Gasteiger partial charge in [-0.1, -0.05) is 6.92 Å². The van der Waals surface area contributed by atoms with Gasteiger partial charge in [-0.3, -0.25) is 4.79 Å². The van der Waals surface area contributed by atoms with Crippen LogP contribution in [-0.2, 0) is 0 Å². The third-order valence-electron chi connectivity index (χ3n) is 5.04. The fraction of sp³-hybridized carbons (Fsp3) is 0.429. The van der Waals surface area contributed by atoms with Crippen LogP contribution in [0.5, 0.6) is 11.5 Å². The van der Waals surface area contributed by atoms with Crippen LogP contribution in [0.15, 0.2) is 36.5 Å². The summed E-state index contributed by atoms with van der Waals surface area (Å²) >= 11 is 0. The van der Waals surface area contributed by atoms with Crippen LogP contribution in [0.25, 0.3) is 0 Å². The normalized spacial score (nSPS) is 16.7. The van der Waals surface area contributed by atoms with Crippen LogP contribution >= 0.6 is 0 Å². The van der Waals surface area contributed by atoms with E-state index in [1.807, 2.05) is 23.1 Å². The molecule has 2 heterocycles. The molecule has 0 saturated carbocycles. The Hall–Kier alpha value is -2.76. The maximum absolute atomic E-state index is 13.0. The summed E-state index contributed by atoms with van der Waals surface area (Å²) in [5.74, 6) is 2.06. The Bertz CT molecular complexity index is 794. The molecule has 1 unspecified atom stereocenters. The Kier molecular flexibility index (Phi) is 6.16. The predicted octanol–water partition coefficient (Wildman–Crippen LogP) is 4.25. The van der Waals surface area contributed by atoms with Crippen LogP contribution < -0.4 is 14.8 Å². The van der Waals surface area contributed by atoms with E-state index < -0.39 is 0 Å². The largest absolute Gasteiger partial charge is 0.497 e. The van der Waals surface area contributed by atoms with Crippen LogP contribution in [0.2, 0.25) is 0 Å². The van der Waals surface area contributed by atoms with E-state index in [4.69, 9.17) is 9.47 Å². The van der Waals surface area contributed by atoms with Gasteiger partial charge in [0, 0.05) is 30.4 Å². The van der Waals surface area contributed by atoms with Gasteiger partial charge in [-0.15, -0.1) is 0 Å². The summed E-state index contributed by atoms with van der Waals surface area (Å²) in [5.41, 5.74) is 1.38. The Balaban J connectivity index is 1.82. The van der Waals surface area contributed by atoms with Gasteiger partial charge in [0.05, 0.1) is 19.9 Å². The first-order chi connectivity index (χ1) is 13.2. The van der Waals surface area contributed by atoms with Crippen molar-refractivity contribution in [2.24, 2.45) is 0 Å². The number of carbonyl (C=O) groups is 1. The molecule has 0 radical (unpaired) electrons. The Morgan fingerprint density at radius 2 is 2.07 bits per heavy atom. The second kappa shape index (κ2) is 8.75. The summed E-state index contributed by atoms with van der Waals surface area (Å²) in [6.45, 7) is 2.97. The predicted molar refractivity (Wildman–Crippen MR) is 106 cm³/mol. The first-order valence-electron chi connectivity index (χ1n) is 9.42. The number of rotatable bonds is 6. The topological polar surface area (TPSA) is 63.7 Å². The van der Waals surface area contributed by atoms with E-state index in [1.165, 1.54) is 6.42 Å². The molecule has 1 aromatic carbocycles. The zero-order valence-electron chi connectivity index (χ0n) is 16.2. The Morgan fingerprint density at radius 3 is 2.81 bits per heavy atom. The second-order valence-electron chi connectivity index (χ2n) is 6.68. The fourth-order valence-corrected chi connectivity index (χ4v) is 3.54. The molecule has 0 bridgehead atoms. The fourth-order valence-electron chi connectivity index (χ4n) is 3.54. The third-order valence-corrected chi connectivity index (χ3v) is 5.04. The quantitative estimate of drug-likeness (QED) is 0.825. The molecule has 2 aromatic rings. The highest BCUT2D eigenvalue weighted by Gasteiger charge is 2.26. The highest BCUT2D eigenvalue weighted by Crippen LogP contribution is 2.31. The van der Waals surface area contributed by atoms with Gasteiger partial charge in [0.15, 0.2) is 0 Å². The van der Waals surface area contributed by atoms with Gasteiger partial charge in [0.25, 0.3) is 5.91 Å². The molecule has 6 heteroatoms. The number of nitrogens with zero attached hydrogens (tertiary/aromatic N) is 2. The number of benzene rings is 1. The summed E-state index contributed by atoms with van der Waals surface area (Å²) in [7, 11) is 3.23. The van der Waals surface area contributed by atoms with Crippen molar-refractivity contribution >= 4 is 17.4 Å². The van der Waals surface area contributed by atoms with Gasteiger partial charge in [0.1, 0.15) is 17.3 Å². The summed E-state index contributed by atoms with van der Waals surface area (Å²) in [6, 6.07) is 9.40. The van der Waals surface area contributed by atoms with Crippen LogP contribution in [0.3, 0.4) is 0 Å². The average Bonchev–Trinajstić information content (AvgIpc) is 2.73. The van der Waals surface area contributed by atoms with Crippen molar-refractivity contribution in [1.82, 2.24) is 9.88 Å². The highest BCUT2D eigenvalue weighted by atomic mass is 16.5. The molecule has 144 valence electrons. The molecule has 3 rings (SSSR count). The van der Waals surface area contributed by atoms with Gasteiger partial charge in [0.2, 0.25) is 0 Å². The molecule has 27 heavy (non-hydrogen) atoms. The van der Waals surface area contributed by atoms with Gasteiger partial charge < -0.3 is 19.7 Å². The van der Waals surface area contributed by atoms with E-state index in [-0.39, 0.29) is 5.91 Å². The second-order valence-corrected chi connectivity index (χ2v) is 6.68. The number of hydrogen-bond donors (Lipinski definition) is 1. The standard InChI is InChI=1S/C21H27N3O3/c1-4-16-7-5-6-12-24(16)21(25)15-10-11-22-20(13-15)23-18-14-17(26-2)8-9-19(18)27-3/h8-11,13-14,16H,4-7,12H2,1-3H3,(H,22,23). The zero-order chi connectivity index (χ0) is 19.2. The lowest BCUT2D eigenvalue weighted by atomic mass is 9.99. The number of aromatic nitrogens is 1. The molecule has 1 aliphatic heterocycles. The van der Waals surface area contributed by atoms with Gasteiger partial charge in [-0.2, -0.15) is 0 Å². The number of hydrogen-bond acceptors (Lipinski definition) is 5. The molecule has 1 saturated heterocycles. The number of piperidine rings is 1. The van der Waals surface area contributed by atoms with E-state index in [1.54, 1.807) is 32.5 Å². The molecule has 6 nitrogen and oxygen atoms in total. The number of ether oxygens (including phenoxy) is 2. The number of pyridine rings is 1. The molecule has 0 spiro atoms. The van der Waals surface area contributed by atoms with Gasteiger partial charge in [-0.05, 0) is 49.9 Å². The van der Waals surface area contributed by atoms with Crippen LogP contribution in [-0.4, -0.2) is 42.6 Å². The van der Waals surface area contributed by atoms with E-state index in [0.717, 1.165) is 31.5 Å². The maximum atomic E-state index is 13.0. The van der Waals surface area contributed by atoms with Crippen molar-refractivity contribution in [2.75, 3.05) is 26.1 Å². The number of carbonyl (C=O) groups excluding carboxylic acids is 1. The van der Waals surface area contributed by atoms with E-state index >= 15 is 0 Å². The summed E-state index contributed by atoms with van der Waals surface area (Å²) in [5, 5.41) is 3.23. The Morgan fingerprint density at radius 1 is 1.22 bits per heavy atom. The minimum Gasteiger partial charge on any atom is -0.497 e. The molecular formula is C21H27N3O3. The van der Waals surface area contributed by atoms with Crippen molar-refractivity contribution in [1.29, 1.82) is 0 Å². The molecule has 1 fully saturated rings. The number of nitrogens with one attached hydrogen (secondary N) is 1. The van der Waals surface area contributed by atoms with Crippen molar-refractivity contribution in [2.45, 2.75) is 38.6 Å². The Labute approximate surface area is 160 Å². The summed E-state index contributed by atoms with van der Waals surface area (Å²) in [4.78, 5) is 19.4. The number of methoxy groups -OCH3 is 2. The van der Waals surface area contributed by atoms with E-state index in [2.05, 4.69) is 17.2 Å². The van der Waals surface area contributed by atoms with Crippen molar-refractivity contribution in [3.63, 3.8) is 0 Å². The molecule has 1 aromatic heterocycles. The minimum absolute atomic E-state index is 0.0737. The third kappa shape index (κ3) is 4.32. The highest BCUT2D eigenvalue weighted by molar-refractivity contribution is 5.95. The maximum Gasteiger partial charge on any atom is 0.254 e. The van der Waals surface area contributed by atoms with E-state index in [0.29, 0.717) is 28.9 Å². The zero-order valence-corrected chi connectivity index (χ0v) is 16.2. The minimum atomic E-state index is 0.0737. The number of amides is 1. The lowest BCUT2D eigenvalue weighted by Gasteiger charge is -2.35. The first-order valence-corrected chi connectivity index (χ1v) is 9.42. The van der Waals surface area contributed by atoms with E-state index in [9.17, 15) is 4.79 Å². The molecular weight excluding hydrogens is 342 g/mol. The number of anilines is 2. The molecule has 0 aliphatic carbocycles.